The van der Waals surface area contributed by atoms with Crippen LogP contribution in [0.1, 0.15) is 45.4 Å². The quantitative estimate of drug-likeness (QED) is 0.202. The molecule has 0 rings (SSSR count). The lowest BCUT2D eigenvalue weighted by Crippen LogP contribution is -2.20. The van der Waals surface area contributed by atoms with Gasteiger partial charge in [0.25, 0.3) is 0 Å². The lowest BCUT2D eigenvalue weighted by molar-refractivity contribution is 0.370. The van der Waals surface area contributed by atoms with Crippen LogP contribution in [-0.2, 0) is 4.57 Å². The third-order valence-electron chi connectivity index (χ3n) is 1.80. The molecule has 0 amide bonds. The molecule has 0 spiro atoms. The van der Waals surface area contributed by atoms with Gasteiger partial charge in [-0.15, -0.1) is 0 Å². The first-order valence-corrected chi connectivity index (χ1v) is 7.23. The van der Waals surface area contributed by atoms with Gasteiger partial charge in [0.15, 0.2) is 5.96 Å². The van der Waals surface area contributed by atoms with Crippen LogP contribution in [0, 0.1) is 5.41 Å². The molecule has 7 N–H and O–H groups in total. The van der Waals surface area contributed by atoms with Crippen LogP contribution in [0.5, 0.6) is 0 Å². The molecule has 0 saturated heterocycles. The maximum atomic E-state index is 10.4. The smallest absolute Gasteiger partial charge is 0.325 e. The Bertz CT molecular complexity index is 214. The molecule has 0 aliphatic carbocycles. The molecule has 98 valence electrons. The normalized spacial score (nSPS) is 10.4. The standard InChI is InChI=1S/C8H19O3P.CH5N3/c1-2-3-4-5-6-7-8-12(9,10)11;2-1(3)4/h2-8H2,1H3,(H2,9,10,11);(H5,2,3,4). The second kappa shape index (κ2) is 10.9. The van der Waals surface area contributed by atoms with Gasteiger partial charge >= 0.3 is 7.60 Å². The number of nitrogens with two attached hydrogens (primary N) is 2. The van der Waals surface area contributed by atoms with Gasteiger partial charge in [-0.25, -0.2) is 0 Å². The highest BCUT2D eigenvalue weighted by molar-refractivity contribution is 7.51. The van der Waals surface area contributed by atoms with E-state index in [0.29, 0.717) is 6.42 Å². The minimum atomic E-state index is -3.72. The van der Waals surface area contributed by atoms with Crippen molar-refractivity contribution >= 4 is 13.6 Å². The summed E-state index contributed by atoms with van der Waals surface area (Å²) >= 11 is 0. The van der Waals surface area contributed by atoms with Gasteiger partial charge in [-0.3, -0.25) is 9.97 Å². The molecule has 7 heteroatoms. The number of unbranched alkanes of at least 4 members (excludes halogenated alkanes) is 5. The Morgan fingerprint density at radius 1 is 1.12 bits per heavy atom. The summed E-state index contributed by atoms with van der Waals surface area (Å²) in [6, 6.07) is 0. The topological polar surface area (TPSA) is 133 Å². The van der Waals surface area contributed by atoms with Gasteiger partial charge < -0.3 is 21.3 Å². The fourth-order valence-electron chi connectivity index (χ4n) is 1.10. The summed E-state index contributed by atoms with van der Waals surface area (Å²) < 4.78 is 10.4. The Hall–Kier alpha value is -0.580. The fourth-order valence-corrected chi connectivity index (χ4v) is 1.73. The Labute approximate surface area is 97.1 Å². The Kier molecular flexibility index (Phi) is 12.2. The third kappa shape index (κ3) is 29.2. The zero-order valence-electron chi connectivity index (χ0n) is 9.85. The maximum absolute atomic E-state index is 10.4. The number of guanidine groups is 1. The summed E-state index contributed by atoms with van der Waals surface area (Å²) in [5.41, 5.74) is 8.94. The van der Waals surface area contributed by atoms with Crippen LogP contribution in [0.2, 0.25) is 0 Å². The maximum Gasteiger partial charge on any atom is 0.325 e. The van der Waals surface area contributed by atoms with Gasteiger partial charge in [0, 0.05) is 6.16 Å². The minimum Gasteiger partial charge on any atom is -0.370 e. The highest BCUT2D eigenvalue weighted by atomic mass is 31.2. The van der Waals surface area contributed by atoms with E-state index in [4.69, 9.17) is 15.2 Å². The predicted octanol–water partition coefficient (Wildman–Crippen LogP) is 1.36. The van der Waals surface area contributed by atoms with Crippen molar-refractivity contribution in [2.75, 3.05) is 6.16 Å². The van der Waals surface area contributed by atoms with E-state index in [1.165, 1.54) is 19.3 Å². The summed E-state index contributed by atoms with van der Waals surface area (Å²) in [7, 11) is -3.72. The molecule has 0 atom stereocenters. The third-order valence-corrected chi connectivity index (χ3v) is 2.70. The van der Waals surface area contributed by atoms with E-state index >= 15 is 0 Å². The van der Waals surface area contributed by atoms with Crippen molar-refractivity contribution in [3.63, 3.8) is 0 Å². The molecule has 0 unspecified atom stereocenters. The molecule has 0 bridgehead atoms. The average molecular weight is 253 g/mol. The van der Waals surface area contributed by atoms with Crippen LogP contribution in [-0.4, -0.2) is 21.9 Å². The van der Waals surface area contributed by atoms with E-state index in [2.05, 4.69) is 18.4 Å². The first-order chi connectivity index (χ1) is 7.29. The highest BCUT2D eigenvalue weighted by Gasteiger charge is 2.10. The number of nitrogens with one attached hydrogen (secondary N) is 1. The van der Waals surface area contributed by atoms with Crippen molar-refractivity contribution in [1.29, 1.82) is 5.41 Å². The first kappa shape index (κ1) is 17.8. The SMILES string of the molecule is CCCCCCCCP(=O)(O)O.N=C(N)N. The lowest BCUT2D eigenvalue weighted by Gasteiger charge is -2.02. The lowest BCUT2D eigenvalue weighted by atomic mass is 10.1. The summed E-state index contributed by atoms with van der Waals surface area (Å²) in [6.45, 7) is 2.15. The largest absolute Gasteiger partial charge is 0.370 e. The van der Waals surface area contributed by atoms with Gasteiger partial charge in [0.2, 0.25) is 0 Å². The van der Waals surface area contributed by atoms with Crippen LogP contribution in [0.15, 0.2) is 0 Å². The van der Waals surface area contributed by atoms with E-state index in [9.17, 15) is 4.57 Å². The molecule has 0 aliphatic rings. The molecule has 16 heavy (non-hydrogen) atoms. The van der Waals surface area contributed by atoms with E-state index in [1.54, 1.807) is 0 Å². The Morgan fingerprint density at radius 2 is 1.50 bits per heavy atom. The molecule has 0 heterocycles. The molecule has 6 nitrogen and oxygen atoms in total. The van der Waals surface area contributed by atoms with Crippen molar-refractivity contribution in [3.05, 3.63) is 0 Å². The highest BCUT2D eigenvalue weighted by Crippen LogP contribution is 2.35. The summed E-state index contributed by atoms with van der Waals surface area (Å²) in [5.74, 6) is -0.333. The molecule has 0 aromatic heterocycles. The van der Waals surface area contributed by atoms with Crippen LogP contribution in [0.3, 0.4) is 0 Å². The zero-order chi connectivity index (χ0) is 13.0. The summed E-state index contributed by atoms with van der Waals surface area (Å²) in [6.07, 6.45) is 6.40. The molecule has 0 aromatic rings. The number of hydrogen-bond acceptors (Lipinski definition) is 2. The van der Waals surface area contributed by atoms with Crippen molar-refractivity contribution in [1.82, 2.24) is 0 Å². The predicted molar refractivity (Wildman–Crippen MR) is 66.4 cm³/mol. The zero-order valence-corrected chi connectivity index (χ0v) is 10.7. The van der Waals surface area contributed by atoms with Gasteiger partial charge in [-0.1, -0.05) is 39.0 Å². The van der Waals surface area contributed by atoms with E-state index < -0.39 is 7.60 Å². The van der Waals surface area contributed by atoms with E-state index in [-0.39, 0.29) is 12.1 Å². The molecule has 0 aromatic carbocycles. The van der Waals surface area contributed by atoms with Crippen molar-refractivity contribution in [2.45, 2.75) is 45.4 Å². The molecule has 0 fully saturated rings. The van der Waals surface area contributed by atoms with Crippen molar-refractivity contribution in [3.8, 4) is 0 Å². The molecular weight excluding hydrogens is 229 g/mol. The van der Waals surface area contributed by atoms with Crippen LogP contribution in [0.25, 0.3) is 0 Å². The number of hydrogen-bond donors (Lipinski definition) is 5. The van der Waals surface area contributed by atoms with Gasteiger partial charge in [-0.2, -0.15) is 0 Å². The fraction of sp³-hybridized carbons (Fsp3) is 0.889. The van der Waals surface area contributed by atoms with E-state index in [1.807, 2.05) is 0 Å². The molecule has 0 saturated carbocycles. The number of rotatable bonds is 7. The van der Waals surface area contributed by atoms with Gasteiger partial charge in [0.1, 0.15) is 0 Å². The first-order valence-electron chi connectivity index (χ1n) is 5.43. The molecule has 0 radical (unpaired) electrons. The van der Waals surface area contributed by atoms with Crippen LogP contribution >= 0.6 is 7.60 Å². The summed E-state index contributed by atoms with van der Waals surface area (Å²) in [5, 5.41) is 6.06. The Morgan fingerprint density at radius 3 is 1.88 bits per heavy atom. The molecular formula is C9H24N3O3P. The second-order valence-corrected chi connectivity index (χ2v) is 5.39. The van der Waals surface area contributed by atoms with Crippen LogP contribution in [0.4, 0.5) is 0 Å². The van der Waals surface area contributed by atoms with Crippen molar-refractivity contribution in [2.24, 2.45) is 11.5 Å². The monoisotopic (exact) mass is 253 g/mol. The van der Waals surface area contributed by atoms with Gasteiger partial charge in [0.05, 0.1) is 0 Å². The minimum absolute atomic E-state index is 0.0547. The average Bonchev–Trinajstić information content (AvgIpc) is 2.08. The van der Waals surface area contributed by atoms with Gasteiger partial charge in [-0.05, 0) is 6.42 Å². The molecule has 0 aliphatic heterocycles. The van der Waals surface area contributed by atoms with Crippen LogP contribution < -0.4 is 11.5 Å². The Balaban J connectivity index is 0. The summed E-state index contributed by atoms with van der Waals surface area (Å²) in [4.78, 5) is 17.1. The van der Waals surface area contributed by atoms with E-state index in [0.717, 1.165) is 12.8 Å². The second-order valence-electron chi connectivity index (χ2n) is 3.61. The van der Waals surface area contributed by atoms with Crippen molar-refractivity contribution < 1.29 is 14.4 Å².